The highest BCUT2D eigenvalue weighted by Gasteiger charge is 2.24. The number of hydrogen-bond donors (Lipinski definition) is 2. The zero-order chi connectivity index (χ0) is 7.72. The maximum absolute atomic E-state index is 5.57. The van der Waals surface area contributed by atoms with Crippen molar-refractivity contribution in [3.63, 3.8) is 0 Å². The van der Waals surface area contributed by atoms with Gasteiger partial charge in [0.05, 0.1) is 0 Å². The van der Waals surface area contributed by atoms with Gasteiger partial charge in [0.25, 0.3) is 0 Å². The third-order valence-corrected chi connectivity index (χ3v) is 2.00. The summed E-state index contributed by atoms with van der Waals surface area (Å²) in [6, 6.07) is 0. The maximum Gasteiger partial charge on any atom is 0.178 e. The first-order valence-corrected chi connectivity index (χ1v) is 3.72. The molecule has 1 atom stereocenters. The van der Waals surface area contributed by atoms with Crippen molar-refractivity contribution in [1.82, 2.24) is 10.0 Å². The highest BCUT2D eigenvalue weighted by Crippen LogP contribution is 2.14. The van der Waals surface area contributed by atoms with Crippen LogP contribution in [0.5, 0.6) is 0 Å². The van der Waals surface area contributed by atoms with Crippen LogP contribution in [0.4, 0.5) is 0 Å². The van der Waals surface area contributed by atoms with E-state index in [9.17, 15) is 0 Å². The first-order chi connectivity index (χ1) is 4.66. The first kappa shape index (κ1) is 7.68. The zero-order valence-corrected chi connectivity index (χ0v) is 7.05. The van der Waals surface area contributed by atoms with E-state index in [1.165, 1.54) is 5.01 Å². The van der Waals surface area contributed by atoms with E-state index >= 15 is 0 Å². The van der Waals surface area contributed by atoms with Crippen LogP contribution in [-0.2, 0) is 0 Å². The monoisotopic (exact) mass is 160 g/mol. The average Bonchev–Trinajstić information content (AvgIpc) is 2.17. The fourth-order valence-electron chi connectivity index (χ4n) is 0.834. The number of hydrazine groups is 1. The summed E-state index contributed by atoms with van der Waals surface area (Å²) in [4.78, 5) is 0. The van der Waals surface area contributed by atoms with Gasteiger partial charge < -0.3 is 0 Å². The molecule has 5 heteroatoms. The van der Waals surface area contributed by atoms with Crippen LogP contribution in [0.3, 0.4) is 0 Å². The molecule has 0 fully saturated rings. The van der Waals surface area contributed by atoms with Gasteiger partial charge in [-0.15, -0.1) is 12.6 Å². The highest BCUT2D eigenvalue weighted by molar-refractivity contribution is 7.80. The third kappa shape index (κ3) is 1.06. The predicted octanol–water partition coefficient (Wildman–Crippen LogP) is 0.0444. The molecule has 58 valence electrons. The van der Waals surface area contributed by atoms with E-state index in [4.69, 9.17) is 5.84 Å². The number of thiol groups is 1. The van der Waals surface area contributed by atoms with Crippen LogP contribution >= 0.6 is 12.6 Å². The Kier molecular flexibility index (Phi) is 2.05. The molecule has 0 spiro atoms. The van der Waals surface area contributed by atoms with E-state index < -0.39 is 0 Å². The van der Waals surface area contributed by atoms with E-state index in [-0.39, 0.29) is 5.50 Å². The Bertz CT molecular complexity index is 158. The molecule has 10 heavy (non-hydrogen) atoms. The van der Waals surface area contributed by atoms with Crippen molar-refractivity contribution in [1.29, 1.82) is 0 Å². The van der Waals surface area contributed by atoms with Gasteiger partial charge in [0.1, 0.15) is 5.84 Å². The zero-order valence-electron chi connectivity index (χ0n) is 6.15. The van der Waals surface area contributed by atoms with Crippen LogP contribution < -0.4 is 5.84 Å². The Morgan fingerprint density at radius 1 is 1.80 bits per heavy atom. The molecule has 0 saturated heterocycles. The van der Waals surface area contributed by atoms with Crippen LogP contribution in [0.2, 0.25) is 0 Å². The Balaban J connectivity index is 2.66. The SMILES string of the molecule is CCN1N=C(C)N(N)C1S. The lowest BCUT2D eigenvalue weighted by molar-refractivity contribution is 0.217. The second kappa shape index (κ2) is 2.67. The van der Waals surface area contributed by atoms with E-state index in [1.807, 2.05) is 18.9 Å². The second-order valence-corrected chi connectivity index (χ2v) is 2.62. The van der Waals surface area contributed by atoms with Crippen molar-refractivity contribution < 1.29 is 0 Å². The van der Waals surface area contributed by atoms with Gasteiger partial charge in [0.2, 0.25) is 0 Å². The van der Waals surface area contributed by atoms with Crippen molar-refractivity contribution in [2.45, 2.75) is 19.3 Å². The summed E-state index contributed by atoms with van der Waals surface area (Å²) in [6.07, 6.45) is 0. The molecule has 0 aromatic rings. The van der Waals surface area contributed by atoms with Crippen LogP contribution in [0.15, 0.2) is 5.10 Å². The Morgan fingerprint density at radius 3 is 2.60 bits per heavy atom. The number of amidine groups is 1. The molecule has 1 aliphatic heterocycles. The fraction of sp³-hybridized carbons (Fsp3) is 0.800. The quantitative estimate of drug-likeness (QED) is 0.420. The Hall–Kier alpha value is -0.420. The molecule has 1 heterocycles. The molecule has 1 aliphatic rings. The van der Waals surface area contributed by atoms with Crippen LogP contribution in [0, 0.1) is 0 Å². The number of rotatable bonds is 1. The molecule has 2 N–H and O–H groups in total. The third-order valence-electron chi connectivity index (χ3n) is 1.49. The van der Waals surface area contributed by atoms with Crippen LogP contribution in [0.25, 0.3) is 0 Å². The van der Waals surface area contributed by atoms with E-state index in [2.05, 4.69) is 17.7 Å². The lowest BCUT2D eigenvalue weighted by atomic mass is 10.7. The summed E-state index contributed by atoms with van der Waals surface area (Å²) >= 11 is 4.23. The van der Waals surface area contributed by atoms with Crippen molar-refractivity contribution >= 4 is 18.5 Å². The topological polar surface area (TPSA) is 44.9 Å². The standard InChI is InChI=1S/C5H12N4S/c1-3-8-5(10)9(6)4(2)7-8/h5,10H,3,6H2,1-2H3. The minimum absolute atomic E-state index is 0.0926. The second-order valence-electron chi connectivity index (χ2n) is 2.16. The fourth-order valence-corrected chi connectivity index (χ4v) is 1.22. The Morgan fingerprint density at radius 2 is 2.40 bits per heavy atom. The molecule has 0 bridgehead atoms. The molecule has 0 saturated carbocycles. The smallest absolute Gasteiger partial charge is 0.178 e. The van der Waals surface area contributed by atoms with Crippen molar-refractivity contribution in [2.75, 3.05) is 6.54 Å². The summed E-state index contributed by atoms with van der Waals surface area (Å²) in [7, 11) is 0. The molecule has 0 radical (unpaired) electrons. The van der Waals surface area contributed by atoms with Crippen LogP contribution in [0.1, 0.15) is 13.8 Å². The van der Waals surface area contributed by atoms with Gasteiger partial charge in [0, 0.05) is 6.54 Å². The first-order valence-electron chi connectivity index (χ1n) is 3.20. The summed E-state index contributed by atoms with van der Waals surface area (Å²) in [5, 5.41) is 7.50. The van der Waals surface area contributed by atoms with Gasteiger partial charge in [0.15, 0.2) is 5.50 Å². The molecule has 0 aliphatic carbocycles. The minimum atomic E-state index is -0.0926. The number of nitrogens with zero attached hydrogens (tertiary/aromatic N) is 3. The van der Waals surface area contributed by atoms with Gasteiger partial charge in [-0.2, -0.15) is 5.10 Å². The predicted molar refractivity (Wildman–Crippen MR) is 44.3 cm³/mol. The number of hydrogen-bond acceptors (Lipinski definition) is 5. The molecule has 4 nitrogen and oxygen atoms in total. The number of nitrogens with two attached hydrogens (primary N) is 1. The minimum Gasteiger partial charge on any atom is -0.263 e. The molecule has 0 aromatic carbocycles. The lowest BCUT2D eigenvalue weighted by Crippen LogP contribution is -2.42. The number of hydrazone groups is 1. The summed E-state index contributed by atoms with van der Waals surface area (Å²) < 4.78 is 0. The molecule has 1 rings (SSSR count). The molecule has 1 unspecified atom stereocenters. The van der Waals surface area contributed by atoms with Crippen molar-refractivity contribution in [2.24, 2.45) is 10.9 Å². The summed E-state index contributed by atoms with van der Waals surface area (Å²) in [5.74, 6) is 6.38. The molecular weight excluding hydrogens is 148 g/mol. The van der Waals surface area contributed by atoms with E-state index in [0.717, 1.165) is 12.4 Å². The van der Waals surface area contributed by atoms with Gasteiger partial charge in [-0.3, -0.25) is 10.0 Å². The normalized spacial score (nSPS) is 25.6. The average molecular weight is 160 g/mol. The van der Waals surface area contributed by atoms with Gasteiger partial charge in [-0.25, -0.2) is 5.84 Å². The van der Waals surface area contributed by atoms with Gasteiger partial charge in [-0.05, 0) is 13.8 Å². The van der Waals surface area contributed by atoms with Crippen molar-refractivity contribution in [3.05, 3.63) is 0 Å². The molecular formula is C5H12N4S. The van der Waals surface area contributed by atoms with Crippen molar-refractivity contribution in [3.8, 4) is 0 Å². The van der Waals surface area contributed by atoms with Crippen LogP contribution in [-0.4, -0.2) is 27.9 Å². The molecule has 0 aromatic heterocycles. The maximum atomic E-state index is 5.57. The summed E-state index contributed by atoms with van der Waals surface area (Å²) in [6.45, 7) is 4.71. The Labute approximate surface area is 66.0 Å². The highest BCUT2D eigenvalue weighted by atomic mass is 32.1. The van der Waals surface area contributed by atoms with Gasteiger partial charge >= 0.3 is 0 Å². The summed E-state index contributed by atoms with van der Waals surface area (Å²) in [5.41, 5.74) is -0.0926. The largest absolute Gasteiger partial charge is 0.263 e. The van der Waals surface area contributed by atoms with E-state index in [0.29, 0.717) is 0 Å². The molecule has 0 amide bonds. The van der Waals surface area contributed by atoms with E-state index in [1.54, 1.807) is 0 Å². The lowest BCUT2D eigenvalue weighted by Gasteiger charge is -2.21. The van der Waals surface area contributed by atoms with Gasteiger partial charge in [-0.1, -0.05) is 0 Å².